The predicted molar refractivity (Wildman–Crippen MR) is 84.3 cm³/mol. The van der Waals surface area contributed by atoms with Crippen molar-refractivity contribution in [3.8, 4) is 5.88 Å². The Balaban J connectivity index is 1.86. The molecule has 0 spiro atoms. The molecule has 0 aliphatic carbocycles. The summed E-state index contributed by atoms with van der Waals surface area (Å²) in [7, 11) is 3.69. The Kier molecular flexibility index (Phi) is 5.97. The zero-order chi connectivity index (χ0) is 15.9. The van der Waals surface area contributed by atoms with Crippen LogP contribution in [0.4, 0.5) is 10.5 Å². The Morgan fingerprint density at radius 2 is 2.23 bits per heavy atom. The van der Waals surface area contributed by atoms with Crippen LogP contribution in [-0.2, 0) is 4.74 Å². The van der Waals surface area contributed by atoms with E-state index in [0.717, 1.165) is 19.6 Å². The third-order valence-electron chi connectivity index (χ3n) is 3.62. The highest BCUT2D eigenvalue weighted by Crippen LogP contribution is 2.14. The van der Waals surface area contributed by atoms with Crippen LogP contribution in [0.15, 0.2) is 18.3 Å². The first-order valence-electron chi connectivity index (χ1n) is 7.44. The van der Waals surface area contributed by atoms with E-state index in [2.05, 4.69) is 29.2 Å². The maximum absolute atomic E-state index is 12.3. The van der Waals surface area contributed by atoms with Crippen molar-refractivity contribution in [1.29, 1.82) is 0 Å². The second-order valence-corrected chi connectivity index (χ2v) is 5.46. The summed E-state index contributed by atoms with van der Waals surface area (Å²) in [6, 6.07) is 3.63. The van der Waals surface area contributed by atoms with E-state index in [1.807, 2.05) is 4.90 Å². The Morgan fingerprint density at radius 1 is 1.41 bits per heavy atom. The molecule has 1 fully saturated rings. The van der Waals surface area contributed by atoms with Crippen LogP contribution in [-0.4, -0.2) is 73.9 Å². The van der Waals surface area contributed by atoms with E-state index in [4.69, 9.17) is 9.47 Å². The fourth-order valence-corrected chi connectivity index (χ4v) is 2.41. The topological polar surface area (TPSA) is 66.9 Å². The van der Waals surface area contributed by atoms with E-state index >= 15 is 0 Å². The van der Waals surface area contributed by atoms with E-state index in [-0.39, 0.29) is 12.1 Å². The van der Waals surface area contributed by atoms with Gasteiger partial charge in [-0.2, -0.15) is 0 Å². The van der Waals surface area contributed by atoms with Gasteiger partial charge in [0.1, 0.15) is 6.61 Å². The molecule has 0 aromatic carbocycles. The Labute approximate surface area is 131 Å². The number of carbonyl (C=O) groups is 1. The van der Waals surface area contributed by atoms with Crippen LogP contribution < -0.4 is 10.1 Å². The number of likely N-dealkylation sites (N-methyl/N-ethyl adjacent to an activating group) is 1. The summed E-state index contributed by atoms with van der Waals surface area (Å²) in [5.41, 5.74) is 0.662. The summed E-state index contributed by atoms with van der Waals surface area (Å²) in [5, 5.41) is 2.88. The normalized spacial score (nSPS) is 19.0. The van der Waals surface area contributed by atoms with Crippen LogP contribution in [0.25, 0.3) is 0 Å². The smallest absolute Gasteiger partial charge is 0.322 e. The minimum Gasteiger partial charge on any atom is -0.475 e. The number of hydrogen-bond donors (Lipinski definition) is 1. The van der Waals surface area contributed by atoms with Crippen molar-refractivity contribution in [3.63, 3.8) is 0 Å². The summed E-state index contributed by atoms with van der Waals surface area (Å²) in [5.74, 6) is 0.517. The molecular formula is C15H24N4O3. The van der Waals surface area contributed by atoms with Gasteiger partial charge in [-0.15, -0.1) is 0 Å². The standard InChI is InChI=1S/C15H24N4O3/c1-12-11-18(2)6-7-19(12)15(20)17-13-4-5-14(16-10-13)22-9-8-21-3/h4-5,10,12H,6-9,11H2,1-3H3,(H,17,20)/t12-/m1/s1. The number of urea groups is 1. The molecule has 2 rings (SSSR count). The number of nitrogens with one attached hydrogen (secondary N) is 1. The number of anilines is 1. The first-order chi connectivity index (χ1) is 10.6. The van der Waals surface area contributed by atoms with Crippen molar-refractivity contribution in [2.75, 3.05) is 52.3 Å². The quantitative estimate of drug-likeness (QED) is 0.830. The van der Waals surface area contributed by atoms with Crippen molar-refractivity contribution >= 4 is 11.7 Å². The summed E-state index contributed by atoms with van der Waals surface area (Å²) >= 11 is 0. The summed E-state index contributed by atoms with van der Waals surface area (Å²) < 4.78 is 10.3. The Hall–Kier alpha value is -1.86. The van der Waals surface area contributed by atoms with Crippen molar-refractivity contribution in [3.05, 3.63) is 18.3 Å². The number of amides is 2. The first-order valence-corrected chi connectivity index (χ1v) is 7.44. The second kappa shape index (κ2) is 7.95. The number of aromatic nitrogens is 1. The number of rotatable bonds is 5. The number of hydrogen-bond acceptors (Lipinski definition) is 5. The maximum Gasteiger partial charge on any atom is 0.322 e. The van der Waals surface area contributed by atoms with E-state index in [0.29, 0.717) is 24.8 Å². The molecule has 1 N–H and O–H groups in total. The van der Waals surface area contributed by atoms with Crippen LogP contribution in [0, 0.1) is 0 Å². The minimum absolute atomic E-state index is 0.0875. The van der Waals surface area contributed by atoms with E-state index < -0.39 is 0 Å². The lowest BCUT2D eigenvalue weighted by atomic mass is 10.2. The van der Waals surface area contributed by atoms with Crippen LogP contribution in [0.2, 0.25) is 0 Å². The zero-order valence-corrected chi connectivity index (χ0v) is 13.4. The van der Waals surface area contributed by atoms with Gasteiger partial charge in [0.2, 0.25) is 5.88 Å². The third kappa shape index (κ3) is 4.57. The SMILES string of the molecule is COCCOc1ccc(NC(=O)N2CCN(C)C[C@H]2C)cn1. The molecule has 7 heteroatoms. The van der Waals surface area contributed by atoms with Gasteiger partial charge in [0.25, 0.3) is 0 Å². The van der Waals surface area contributed by atoms with Gasteiger partial charge in [-0.25, -0.2) is 9.78 Å². The van der Waals surface area contributed by atoms with Crippen LogP contribution >= 0.6 is 0 Å². The molecule has 0 saturated carbocycles. The average Bonchev–Trinajstić information content (AvgIpc) is 2.49. The number of carbonyl (C=O) groups excluding carboxylic acids is 1. The third-order valence-corrected chi connectivity index (χ3v) is 3.62. The van der Waals surface area contributed by atoms with Gasteiger partial charge < -0.3 is 24.6 Å². The molecule has 1 aliphatic rings. The van der Waals surface area contributed by atoms with Crippen molar-refractivity contribution in [2.24, 2.45) is 0 Å². The lowest BCUT2D eigenvalue weighted by Gasteiger charge is -2.38. The fourth-order valence-electron chi connectivity index (χ4n) is 2.41. The zero-order valence-electron chi connectivity index (χ0n) is 13.4. The largest absolute Gasteiger partial charge is 0.475 e. The number of methoxy groups -OCH3 is 1. The monoisotopic (exact) mass is 308 g/mol. The van der Waals surface area contributed by atoms with Gasteiger partial charge in [0.15, 0.2) is 0 Å². The molecule has 1 aliphatic heterocycles. The van der Waals surface area contributed by atoms with E-state index in [1.165, 1.54) is 0 Å². The van der Waals surface area contributed by atoms with Gasteiger partial charge in [0, 0.05) is 38.9 Å². The molecule has 0 radical (unpaired) electrons. The van der Waals surface area contributed by atoms with E-state index in [9.17, 15) is 4.79 Å². The van der Waals surface area contributed by atoms with Gasteiger partial charge >= 0.3 is 6.03 Å². The van der Waals surface area contributed by atoms with E-state index in [1.54, 1.807) is 25.4 Å². The molecule has 22 heavy (non-hydrogen) atoms. The molecule has 122 valence electrons. The molecule has 2 heterocycles. The molecule has 7 nitrogen and oxygen atoms in total. The van der Waals surface area contributed by atoms with Crippen LogP contribution in [0.5, 0.6) is 5.88 Å². The average molecular weight is 308 g/mol. The Morgan fingerprint density at radius 3 is 2.86 bits per heavy atom. The number of pyridine rings is 1. The molecule has 1 aromatic heterocycles. The molecule has 0 unspecified atom stereocenters. The molecular weight excluding hydrogens is 284 g/mol. The number of ether oxygens (including phenoxy) is 2. The fraction of sp³-hybridized carbons (Fsp3) is 0.600. The Bertz CT molecular complexity index is 480. The van der Waals surface area contributed by atoms with Crippen molar-refractivity contribution in [2.45, 2.75) is 13.0 Å². The molecule has 2 amide bonds. The molecule has 1 atom stereocenters. The maximum atomic E-state index is 12.3. The number of piperazine rings is 1. The van der Waals surface area contributed by atoms with Gasteiger partial charge in [0.05, 0.1) is 18.5 Å². The summed E-state index contributed by atoms with van der Waals surface area (Å²) in [6.45, 7) is 5.53. The summed E-state index contributed by atoms with van der Waals surface area (Å²) in [4.78, 5) is 20.5. The minimum atomic E-state index is -0.0875. The molecule has 0 bridgehead atoms. The molecule has 1 aromatic rings. The highest BCUT2D eigenvalue weighted by atomic mass is 16.5. The van der Waals surface area contributed by atoms with Crippen LogP contribution in [0.3, 0.4) is 0 Å². The second-order valence-electron chi connectivity index (χ2n) is 5.46. The highest BCUT2D eigenvalue weighted by Gasteiger charge is 2.25. The summed E-state index contributed by atoms with van der Waals surface area (Å²) in [6.07, 6.45) is 1.60. The van der Waals surface area contributed by atoms with Gasteiger partial charge in [-0.05, 0) is 20.0 Å². The van der Waals surface area contributed by atoms with Gasteiger partial charge in [-0.1, -0.05) is 0 Å². The van der Waals surface area contributed by atoms with Gasteiger partial charge in [-0.3, -0.25) is 0 Å². The number of nitrogens with zero attached hydrogens (tertiary/aromatic N) is 3. The first kappa shape index (κ1) is 16.5. The van der Waals surface area contributed by atoms with Crippen molar-refractivity contribution < 1.29 is 14.3 Å². The predicted octanol–water partition coefficient (Wildman–Crippen LogP) is 1.27. The van der Waals surface area contributed by atoms with Crippen LogP contribution in [0.1, 0.15) is 6.92 Å². The highest BCUT2D eigenvalue weighted by molar-refractivity contribution is 5.89. The lowest BCUT2D eigenvalue weighted by molar-refractivity contribution is 0.125. The molecule has 1 saturated heterocycles. The van der Waals surface area contributed by atoms with Crippen molar-refractivity contribution in [1.82, 2.24) is 14.8 Å². The lowest BCUT2D eigenvalue weighted by Crippen LogP contribution is -2.53.